The van der Waals surface area contributed by atoms with Gasteiger partial charge in [-0.3, -0.25) is 0 Å². The van der Waals surface area contributed by atoms with E-state index < -0.39 is 46.0 Å². The third kappa shape index (κ3) is 1.88. The van der Waals surface area contributed by atoms with Crippen molar-refractivity contribution in [1.82, 2.24) is 0 Å². The summed E-state index contributed by atoms with van der Waals surface area (Å²) >= 11 is 0. The number of hydrogen-bond acceptors (Lipinski definition) is 0. The molecule has 0 radical (unpaired) electrons. The molecule has 0 aromatic carbocycles. The molecule has 2 aliphatic carbocycles. The Balaban J connectivity index is 2.67. The first kappa shape index (κ1) is 16.8. The van der Waals surface area contributed by atoms with Crippen LogP contribution in [-0.2, 0) is 0 Å². The smallest absolute Gasteiger partial charge is 0.194 e. The number of halogens is 8. The summed E-state index contributed by atoms with van der Waals surface area (Å²) in [6.45, 7) is 1.40. The van der Waals surface area contributed by atoms with E-state index in [9.17, 15) is 35.1 Å². The summed E-state index contributed by atoms with van der Waals surface area (Å²) in [4.78, 5) is 0. The maximum atomic E-state index is 13.9. The SMILES string of the molecule is CC1=CC=C(C2=CC=C(C)C(F)(F)C2(F)F)C(F)(F)C1(F)F. The predicted octanol–water partition coefficient (Wildman–Crippen LogP) is 5.30. The van der Waals surface area contributed by atoms with Crippen LogP contribution in [0.25, 0.3) is 0 Å². The molecule has 0 aliphatic heterocycles. The van der Waals surface area contributed by atoms with Gasteiger partial charge < -0.3 is 0 Å². The molecule has 0 saturated carbocycles. The van der Waals surface area contributed by atoms with E-state index in [0.29, 0.717) is 38.2 Å². The topological polar surface area (TPSA) is 0 Å². The Hall–Kier alpha value is -1.60. The summed E-state index contributed by atoms with van der Waals surface area (Å²) in [6.07, 6.45) is 1.70. The van der Waals surface area contributed by atoms with Gasteiger partial charge >= 0.3 is 23.7 Å². The first-order valence-corrected chi connectivity index (χ1v) is 6.08. The fourth-order valence-corrected chi connectivity index (χ4v) is 2.19. The summed E-state index contributed by atoms with van der Waals surface area (Å²) in [5.41, 5.74) is -5.70. The number of allylic oxidation sites excluding steroid dienone is 8. The molecule has 0 bridgehead atoms. The fourth-order valence-electron chi connectivity index (χ4n) is 2.19. The van der Waals surface area contributed by atoms with E-state index in [4.69, 9.17) is 0 Å². The van der Waals surface area contributed by atoms with Crippen LogP contribution in [0.3, 0.4) is 0 Å². The first-order chi connectivity index (χ1) is 9.78. The number of rotatable bonds is 1. The van der Waals surface area contributed by atoms with E-state index in [1.165, 1.54) is 0 Å². The monoisotopic (exact) mass is 330 g/mol. The minimum Gasteiger partial charge on any atom is -0.194 e. The zero-order valence-corrected chi connectivity index (χ0v) is 11.3. The molecule has 0 spiro atoms. The van der Waals surface area contributed by atoms with Gasteiger partial charge in [0.15, 0.2) is 0 Å². The standard InChI is InChI=1S/C14H10F8/c1-7-3-5-9(13(19,20)11(7,15)16)10-6-4-8(2)12(17,18)14(10,21)22/h3-6H,1-2H3. The summed E-state index contributed by atoms with van der Waals surface area (Å²) in [6, 6.07) is 0. The predicted molar refractivity (Wildman–Crippen MR) is 63.5 cm³/mol. The van der Waals surface area contributed by atoms with E-state index in [1.807, 2.05) is 0 Å². The maximum Gasteiger partial charge on any atom is 0.339 e. The highest BCUT2D eigenvalue weighted by Gasteiger charge is 2.68. The van der Waals surface area contributed by atoms with Crippen LogP contribution in [-0.4, -0.2) is 23.7 Å². The zero-order chi connectivity index (χ0) is 17.1. The van der Waals surface area contributed by atoms with Crippen molar-refractivity contribution in [2.45, 2.75) is 37.5 Å². The second kappa shape index (κ2) is 4.45. The van der Waals surface area contributed by atoms with Gasteiger partial charge in [-0.25, -0.2) is 0 Å². The Morgan fingerprint density at radius 3 is 1.05 bits per heavy atom. The Bertz CT molecular complexity index is 575. The lowest BCUT2D eigenvalue weighted by Crippen LogP contribution is -2.51. The summed E-state index contributed by atoms with van der Waals surface area (Å²) in [5.74, 6) is -19.5. The van der Waals surface area contributed by atoms with Crippen molar-refractivity contribution in [3.63, 3.8) is 0 Å². The first-order valence-electron chi connectivity index (χ1n) is 6.08. The molecule has 0 atom stereocenters. The molecule has 0 aromatic rings. The highest BCUT2D eigenvalue weighted by molar-refractivity contribution is 5.54. The highest BCUT2D eigenvalue weighted by atomic mass is 19.3. The van der Waals surface area contributed by atoms with Gasteiger partial charge in [-0.05, 0) is 13.8 Å². The van der Waals surface area contributed by atoms with Crippen molar-refractivity contribution < 1.29 is 35.1 Å². The normalized spacial score (nSPS) is 28.3. The summed E-state index contributed by atoms with van der Waals surface area (Å²) in [5, 5.41) is 0. The molecule has 2 rings (SSSR count). The van der Waals surface area contributed by atoms with Gasteiger partial charge in [0.05, 0.1) is 0 Å². The van der Waals surface area contributed by atoms with E-state index in [-0.39, 0.29) is 0 Å². The lowest BCUT2D eigenvalue weighted by molar-refractivity contribution is -0.179. The molecule has 8 heteroatoms. The van der Waals surface area contributed by atoms with Gasteiger partial charge in [0, 0.05) is 22.3 Å². The van der Waals surface area contributed by atoms with Crippen LogP contribution >= 0.6 is 0 Å². The van der Waals surface area contributed by atoms with E-state index in [1.54, 1.807) is 0 Å². The van der Waals surface area contributed by atoms with Crippen molar-refractivity contribution in [3.8, 4) is 0 Å². The van der Waals surface area contributed by atoms with Crippen LogP contribution in [0.4, 0.5) is 35.1 Å². The quantitative estimate of drug-likeness (QED) is 0.572. The van der Waals surface area contributed by atoms with Crippen LogP contribution in [0.2, 0.25) is 0 Å². The lowest BCUT2D eigenvalue weighted by atomic mass is 9.80. The van der Waals surface area contributed by atoms with E-state index >= 15 is 0 Å². The molecule has 0 unspecified atom stereocenters. The zero-order valence-electron chi connectivity index (χ0n) is 11.3. The third-order valence-electron chi connectivity index (χ3n) is 3.75. The van der Waals surface area contributed by atoms with Crippen LogP contribution in [0, 0.1) is 0 Å². The summed E-state index contributed by atoms with van der Waals surface area (Å²) in [7, 11) is 0. The van der Waals surface area contributed by atoms with Crippen molar-refractivity contribution in [2.75, 3.05) is 0 Å². The second-order valence-electron chi connectivity index (χ2n) is 5.16. The van der Waals surface area contributed by atoms with Crippen molar-refractivity contribution >= 4 is 0 Å². The summed E-state index contributed by atoms with van der Waals surface area (Å²) < 4.78 is 110. The van der Waals surface area contributed by atoms with Crippen molar-refractivity contribution in [2.24, 2.45) is 0 Å². The molecule has 0 nitrogen and oxygen atoms in total. The maximum absolute atomic E-state index is 13.9. The van der Waals surface area contributed by atoms with Gasteiger partial charge in [0.2, 0.25) is 0 Å². The van der Waals surface area contributed by atoms with Crippen molar-refractivity contribution in [1.29, 1.82) is 0 Å². The van der Waals surface area contributed by atoms with Crippen molar-refractivity contribution in [3.05, 3.63) is 46.6 Å². The lowest BCUT2D eigenvalue weighted by Gasteiger charge is -2.38. The highest BCUT2D eigenvalue weighted by Crippen LogP contribution is 2.56. The molecular formula is C14H10F8. The van der Waals surface area contributed by atoms with E-state index in [0.717, 1.165) is 0 Å². The molecule has 0 aromatic heterocycles. The molecule has 2 aliphatic rings. The average Bonchev–Trinajstić information content (AvgIpc) is 2.37. The Labute approximate surface area is 120 Å². The number of alkyl halides is 8. The van der Waals surface area contributed by atoms with Gasteiger partial charge in [-0.15, -0.1) is 0 Å². The van der Waals surface area contributed by atoms with Crippen LogP contribution in [0.1, 0.15) is 13.8 Å². The molecule has 0 saturated heterocycles. The average molecular weight is 330 g/mol. The molecule has 0 N–H and O–H groups in total. The fraction of sp³-hybridized carbons (Fsp3) is 0.429. The molecular weight excluding hydrogens is 320 g/mol. The van der Waals surface area contributed by atoms with Crippen LogP contribution in [0.15, 0.2) is 46.6 Å². The van der Waals surface area contributed by atoms with Gasteiger partial charge in [-0.1, -0.05) is 24.3 Å². The minimum atomic E-state index is -5.02. The van der Waals surface area contributed by atoms with Gasteiger partial charge in [0.1, 0.15) is 0 Å². The third-order valence-corrected chi connectivity index (χ3v) is 3.75. The minimum absolute atomic E-state index is 0.330. The largest absolute Gasteiger partial charge is 0.339 e. The molecule has 22 heavy (non-hydrogen) atoms. The van der Waals surface area contributed by atoms with Crippen LogP contribution in [0.5, 0.6) is 0 Å². The Morgan fingerprint density at radius 1 is 0.500 bits per heavy atom. The molecule has 0 heterocycles. The number of hydrogen-bond donors (Lipinski definition) is 0. The Kier molecular flexibility index (Phi) is 3.39. The second-order valence-corrected chi connectivity index (χ2v) is 5.16. The van der Waals surface area contributed by atoms with Crippen LogP contribution < -0.4 is 0 Å². The van der Waals surface area contributed by atoms with E-state index in [2.05, 4.69) is 0 Å². The molecule has 122 valence electrons. The molecule has 0 fully saturated rings. The van der Waals surface area contributed by atoms with Gasteiger partial charge in [0.25, 0.3) is 0 Å². The molecule has 0 amide bonds. The van der Waals surface area contributed by atoms with Gasteiger partial charge in [-0.2, -0.15) is 35.1 Å². The Morgan fingerprint density at radius 2 is 0.773 bits per heavy atom.